The molecule has 0 saturated carbocycles. The van der Waals surface area contributed by atoms with Crippen molar-refractivity contribution in [1.82, 2.24) is 0 Å². The first-order valence-corrected chi connectivity index (χ1v) is 10.1. The summed E-state index contributed by atoms with van der Waals surface area (Å²) in [4.78, 5) is 24.6. The van der Waals surface area contributed by atoms with Gasteiger partial charge in [0.25, 0.3) is 0 Å². The van der Waals surface area contributed by atoms with E-state index in [4.69, 9.17) is 14.2 Å². The first-order chi connectivity index (χ1) is 15.1. The molecule has 3 aromatic rings. The van der Waals surface area contributed by atoms with E-state index in [9.17, 15) is 9.59 Å². The number of benzene rings is 3. The fraction of sp³-hybridized carbons (Fsp3) is 0.154. The van der Waals surface area contributed by atoms with Crippen molar-refractivity contribution in [2.24, 2.45) is 0 Å². The lowest BCUT2D eigenvalue weighted by Crippen LogP contribution is -2.09. The van der Waals surface area contributed by atoms with Crippen molar-refractivity contribution in [1.29, 1.82) is 0 Å². The molecule has 0 heterocycles. The van der Waals surface area contributed by atoms with E-state index in [2.05, 4.69) is 13.5 Å². The molecule has 3 aromatic carbocycles. The van der Waals surface area contributed by atoms with E-state index in [0.29, 0.717) is 35.0 Å². The van der Waals surface area contributed by atoms with E-state index in [1.807, 2.05) is 12.1 Å². The Labute approximate surface area is 181 Å². The molecule has 0 N–H and O–H groups in total. The predicted molar refractivity (Wildman–Crippen MR) is 119 cm³/mol. The Morgan fingerprint density at radius 1 is 0.742 bits per heavy atom. The number of aryl methyl sites for hydroxylation is 1. The highest BCUT2D eigenvalue weighted by Gasteiger charge is 2.11. The van der Waals surface area contributed by atoms with E-state index in [0.717, 1.165) is 12.8 Å². The maximum Gasteiger partial charge on any atom is 0.343 e. The van der Waals surface area contributed by atoms with Crippen LogP contribution in [0.5, 0.6) is 17.2 Å². The molecule has 0 aliphatic rings. The number of hydrogen-bond donors (Lipinski definition) is 0. The van der Waals surface area contributed by atoms with Crippen molar-refractivity contribution < 1.29 is 23.8 Å². The van der Waals surface area contributed by atoms with Gasteiger partial charge in [-0.25, -0.2) is 9.59 Å². The largest absolute Gasteiger partial charge is 0.490 e. The fourth-order valence-electron chi connectivity index (χ4n) is 2.85. The molecule has 5 heteroatoms. The van der Waals surface area contributed by atoms with Crippen LogP contribution >= 0.6 is 0 Å². The summed E-state index contributed by atoms with van der Waals surface area (Å²) >= 11 is 0. The van der Waals surface area contributed by atoms with Gasteiger partial charge in [0.1, 0.15) is 23.9 Å². The number of esters is 2. The molecular formula is C26H24O5. The summed E-state index contributed by atoms with van der Waals surface area (Å²) in [6.07, 6.45) is 3.67. The van der Waals surface area contributed by atoms with Crippen LogP contribution in [0.15, 0.2) is 85.5 Å². The van der Waals surface area contributed by atoms with E-state index < -0.39 is 11.9 Å². The summed E-state index contributed by atoms with van der Waals surface area (Å²) in [5.41, 5.74) is 2.06. The molecule has 0 bridgehead atoms. The Bertz CT molecular complexity index is 1020. The molecule has 0 unspecified atom stereocenters. The first-order valence-electron chi connectivity index (χ1n) is 10.1. The second kappa shape index (κ2) is 10.8. The molecular weight excluding hydrogens is 392 g/mol. The molecule has 31 heavy (non-hydrogen) atoms. The van der Waals surface area contributed by atoms with Gasteiger partial charge in [-0.05, 0) is 72.6 Å². The second-order valence-electron chi connectivity index (χ2n) is 6.82. The average Bonchev–Trinajstić information content (AvgIpc) is 2.80. The molecule has 0 fully saturated rings. The minimum absolute atomic E-state index is 0.348. The van der Waals surface area contributed by atoms with Crippen molar-refractivity contribution >= 4 is 11.9 Å². The van der Waals surface area contributed by atoms with E-state index >= 15 is 0 Å². The van der Waals surface area contributed by atoms with Crippen LogP contribution in [0.2, 0.25) is 0 Å². The number of carbonyl (C=O) groups excluding carboxylic acids is 2. The number of rotatable bonds is 9. The molecule has 3 rings (SSSR count). The molecule has 0 saturated heterocycles. The van der Waals surface area contributed by atoms with Crippen molar-refractivity contribution in [3.63, 3.8) is 0 Å². The smallest absolute Gasteiger partial charge is 0.343 e. The summed E-state index contributed by atoms with van der Waals surface area (Å²) in [5.74, 6) is 0.424. The van der Waals surface area contributed by atoms with Crippen LogP contribution < -0.4 is 14.2 Å². The average molecular weight is 416 g/mol. The Hall–Kier alpha value is -3.86. The van der Waals surface area contributed by atoms with Gasteiger partial charge in [-0.3, -0.25) is 0 Å². The maximum atomic E-state index is 12.3. The normalized spacial score (nSPS) is 10.2. The van der Waals surface area contributed by atoms with Crippen LogP contribution in [-0.2, 0) is 6.42 Å². The maximum absolute atomic E-state index is 12.3. The minimum Gasteiger partial charge on any atom is -0.490 e. The van der Waals surface area contributed by atoms with Gasteiger partial charge >= 0.3 is 11.9 Å². The quantitative estimate of drug-likeness (QED) is 0.257. The topological polar surface area (TPSA) is 61.8 Å². The molecule has 0 radical (unpaired) electrons. The van der Waals surface area contributed by atoms with Crippen molar-refractivity contribution in [2.45, 2.75) is 19.8 Å². The van der Waals surface area contributed by atoms with Gasteiger partial charge in [-0.1, -0.05) is 38.1 Å². The fourth-order valence-corrected chi connectivity index (χ4v) is 2.85. The standard InChI is InChI=1S/C26H24O5/c1-3-5-19-6-8-20(9-7-19)25(27)30-23-14-16-24(17-15-23)31-26(28)21-10-12-22(13-11-21)29-18-4-2/h4,6-17H,2-3,5,18H2,1H3. The lowest BCUT2D eigenvalue weighted by Gasteiger charge is -2.08. The number of hydrogen-bond acceptors (Lipinski definition) is 5. The highest BCUT2D eigenvalue weighted by atomic mass is 16.5. The molecule has 0 aliphatic heterocycles. The van der Waals surface area contributed by atoms with Gasteiger partial charge in [0.15, 0.2) is 0 Å². The van der Waals surface area contributed by atoms with Crippen molar-refractivity contribution in [3.05, 3.63) is 102 Å². The number of ether oxygens (including phenoxy) is 3. The van der Waals surface area contributed by atoms with Gasteiger partial charge in [-0.15, -0.1) is 0 Å². The van der Waals surface area contributed by atoms with Crippen LogP contribution in [-0.4, -0.2) is 18.5 Å². The van der Waals surface area contributed by atoms with Gasteiger partial charge in [0.05, 0.1) is 11.1 Å². The van der Waals surface area contributed by atoms with Crippen LogP contribution in [0.3, 0.4) is 0 Å². The predicted octanol–water partition coefficient (Wildman–Crippen LogP) is 5.64. The monoisotopic (exact) mass is 416 g/mol. The minimum atomic E-state index is -0.493. The highest BCUT2D eigenvalue weighted by Crippen LogP contribution is 2.21. The Balaban J connectivity index is 1.56. The van der Waals surface area contributed by atoms with Gasteiger partial charge in [0.2, 0.25) is 0 Å². The summed E-state index contributed by atoms with van der Waals surface area (Å²) in [6.45, 7) is 6.09. The van der Waals surface area contributed by atoms with E-state index in [1.165, 1.54) is 5.56 Å². The molecule has 158 valence electrons. The third kappa shape index (κ3) is 6.31. The van der Waals surface area contributed by atoms with Crippen LogP contribution in [0, 0.1) is 0 Å². The van der Waals surface area contributed by atoms with E-state index in [1.54, 1.807) is 66.7 Å². The van der Waals surface area contributed by atoms with Crippen molar-refractivity contribution in [2.75, 3.05) is 6.61 Å². The molecule has 0 amide bonds. The molecule has 0 spiro atoms. The SMILES string of the molecule is C=CCOc1ccc(C(=O)Oc2ccc(OC(=O)c3ccc(CCC)cc3)cc2)cc1. The third-order valence-electron chi connectivity index (χ3n) is 4.43. The highest BCUT2D eigenvalue weighted by molar-refractivity contribution is 5.92. The zero-order valence-corrected chi connectivity index (χ0v) is 17.4. The lowest BCUT2D eigenvalue weighted by atomic mass is 10.1. The van der Waals surface area contributed by atoms with Crippen LogP contribution in [0.25, 0.3) is 0 Å². The summed E-state index contributed by atoms with van der Waals surface area (Å²) in [5, 5.41) is 0. The Morgan fingerprint density at radius 2 is 1.19 bits per heavy atom. The van der Waals surface area contributed by atoms with E-state index in [-0.39, 0.29) is 0 Å². The summed E-state index contributed by atoms with van der Waals surface area (Å²) in [7, 11) is 0. The Morgan fingerprint density at radius 3 is 1.65 bits per heavy atom. The second-order valence-corrected chi connectivity index (χ2v) is 6.82. The Kier molecular flexibility index (Phi) is 7.60. The third-order valence-corrected chi connectivity index (χ3v) is 4.43. The molecule has 0 aromatic heterocycles. The van der Waals surface area contributed by atoms with Crippen molar-refractivity contribution in [3.8, 4) is 17.2 Å². The molecule has 0 atom stereocenters. The van der Waals surface area contributed by atoms with Gasteiger partial charge in [0, 0.05) is 0 Å². The zero-order valence-electron chi connectivity index (χ0n) is 17.4. The summed E-state index contributed by atoms with van der Waals surface area (Å²) in [6, 6.07) is 20.3. The zero-order chi connectivity index (χ0) is 22.1. The van der Waals surface area contributed by atoms with Crippen LogP contribution in [0.1, 0.15) is 39.6 Å². The summed E-state index contributed by atoms with van der Waals surface area (Å²) < 4.78 is 16.1. The van der Waals surface area contributed by atoms with Gasteiger partial charge in [-0.2, -0.15) is 0 Å². The molecule has 5 nitrogen and oxygen atoms in total. The van der Waals surface area contributed by atoms with Gasteiger partial charge < -0.3 is 14.2 Å². The first kappa shape index (κ1) is 21.8. The lowest BCUT2D eigenvalue weighted by molar-refractivity contribution is 0.0719. The number of carbonyl (C=O) groups is 2. The van der Waals surface area contributed by atoms with Crippen LogP contribution in [0.4, 0.5) is 0 Å². The molecule has 0 aliphatic carbocycles.